The molecule has 30 heavy (non-hydrogen) atoms. The second-order valence-electron chi connectivity index (χ2n) is 8.90. The number of ether oxygens (including phenoxy) is 1. The van der Waals surface area contributed by atoms with Gasteiger partial charge in [-0.15, -0.1) is 0 Å². The second-order valence-corrected chi connectivity index (χ2v) is 9.29. The minimum atomic E-state index is -0.384. The molecule has 1 fully saturated rings. The van der Waals surface area contributed by atoms with Gasteiger partial charge in [-0.05, 0) is 55.4 Å². The summed E-state index contributed by atoms with van der Waals surface area (Å²) in [5, 5.41) is 9.13. The van der Waals surface area contributed by atoms with E-state index in [4.69, 9.17) is 17.0 Å². The van der Waals surface area contributed by atoms with E-state index in [-0.39, 0.29) is 5.60 Å². The number of benzene rings is 1. The van der Waals surface area contributed by atoms with Crippen molar-refractivity contribution in [2.24, 2.45) is 0 Å². The highest BCUT2D eigenvalue weighted by Crippen LogP contribution is 2.42. The Morgan fingerprint density at radius 3 is 2.83 bits per heavy atom. The zero-order valence-corrected chi connectivity index (χ0v) is 18.9. The first-order valence-electron chi connectivity index (χ1n) is 11.6. The third kappa shape index (κ3) is 3.16. The number of fused-ring (bicyclic) bond motifs is 3. The lowest BCUT2D eigenvalue weighted by molar-refractivity contribution is -0.0676. The first kappa shape index (κ1) is 20.0. The molecule has 1 aliphatic heterocycles. The highest BCUT2D eigenvalue weighted by molar-refractivity contribution is 7.71. The fourth-order valence-electron chi connectivity index (χ4n) is 5.67. The van der Waals surface area contributed by atoms with Gasteiger partial charge in [0.2, 0.25) is 0 Å². The average Bonchev–Trinajstić information content (AvgIpc) is 3.35. The van der Waals surface area contributed by atoms with Crippen molar-refractivity contribution >= 4 is 23.1 Å². The van der Waals surface area contributed by atoms with E-state index in [0.29, 0.717) is 6.04 Å². The van der Waals surface area contributed by atoms with Gasteiger partial charge in [0, 0.05) is 23.4 Å². The Kier molecular flexibility index (Phi) is 5.31. The van der Waals surface area contributed by atoms with Crippen LogP contribution in [-0.4, -0.2) is 26.4 Å². The Morgan fingerprint density at radius 1 is 1.23 bits per heavy atom. The molecule has 1 unspecified atom stereocenters. The second kappa shape index (κ2) is 7.97. The van der Waals surface area contributed by atoms with Gasteiger partial charge < -0.3 is 14.3 Å². The van der Waals surface area contributed by atoms with E-state index in [1.54, 1.807) is 0 Å². The predicted molar refractivity (Wildman–Crippen MR) is 123 cm³/mol. The standard InChI is InChI=1S/C24H32N4OS/c1-3-16-9-8-12-18-19-13-14-29-24(4-2,22(19)25-21(16)18)15-20-26-27-23(30)28(20)17-10-6-5-7-11-17/h8-9,12,17,25H,3-7,10-11,13-15H2,1-2H3,(H,27,30). The Morgan fingerprint density at radius 2 is 2.07 bits per heavy atom. The zero-order valence-electron chi connectivity index (χ0n) is 18.1. The molecule has 1 atom stereocenters. The topological polar surface area (TPSA) is 58.6 Å². The minimum Gasteiger partial charge on any atom is -0.368 e. The van der Waals surface area contributed by atoms with Crippen molar-refractivity contribution in [3.8, 4) is 0 Å². The maximum atomic E-state index is 6.57. The summed E-state index contributed by atoms with van der Waals surface area (Å²) in [4.78, 5) is 3.81. The van der Waals surface area contributed by atoms with Gasteiger partial charge in [-0.25, -0.2) is 0 Å². The molecule has 0 radical (unpaired) electrons. The lowest BCUT2D eigenvalue weighted by Gasteiger charge is -2.37. The predicted octanol–water partition coefficient (Wildman–Crippen LogP) is 5.91. The maximum Gasteiger partial charge on any atom is 0.195 e. The molecule has 160 valence electrons. The molecule has 1 saturated carbocycles. The molecule has 0 saturated heterocycles. The summed E-state index contributed by atoms with van der Waals surface area (Å²) in [7, 11) is 0. The zero-order chi connectivity index (χ0) is 20.7. The van der Waals surface area contributed by atoms with Gasteiger partial charge in [-0.3, -0.25) is 5.10 Å². The summed E-state index contributed by atoms with van der Waals surface area (Å²) in [6.07, 6.45) is 9.90. The van der Waals surface area contributed by atoms with Crippen LogP contribution in [-0.2, 0) is 29.6 Å². The molecule has 3 aromatic rings. The van der Waals surface area contributed by atoms with Crippen molar-refractivity contribution in [3.63, 3.8) is 0 Å². The lowest BCUT2D eigenvalue weighted by Crippen LogP contribution is -2.38. The largest absolute Gasteiger partial charge is 0.368 e. The van der Waals surface area contributed by atoms with Gasteiger partial charge in [0.25, 0.3) is 0 Å². The van der Waals surface area contributed by atoms with Gasteiger partial charge in [-0.2, -0.15) is 5.10 Å². The average molecular weight is 425 g/mol. The normalized spacial score (nSPS) is 22.5. The molecule has 0 spiro atoms. The van der Waals surface area contributed by atoms with E-state index < -0.39 is 0 Å². The smallest absolute Gasteiger partial charge is 0.195 e. The molecule has 2 N–H and O–H groups in total. The summed E-state index contributed by atoms with van der Waals surface area (Å²) >= 11 is 5.65. The van der Waals surface area contributed by atoms with E-state index in [1.807, 2.05) is 0 Å². The number of nitrogens with zero attached hydrogens (tertiary/aromatic N) is 2. The molecule has 1 aromatic carbocycles. The number of rotatable bonds is 5. The van der Waals surface area contributed by atoms with Gasteiger partial charge in [0.05, 0.1) is 12.3 Å². The van der Waals surface area contributed by atoms with Gasteiger partial charge in [0.15, 0.2) is 4.77 Å². The fraction of sp³-hybridized carbons (Fsp3) is 0.583. The summed E-state index contributed by atoms with van der Waals surface area (Å²) in [5.74, 6) is 1.04. The van der Waals surface area contributed by atoms with Crippen LogP contribution in [0.3, 0.4) is 0 Å². The third-order valence-corrected chi connectivity index (χ3v) is 7.61. The molecule has 6 heteroatoms. The number of para-hydroxylation sites is 1. The molecule has 5 rings (SSSR count). The van der Waals surface area contributed by atoms with E-state index >= 15 is 0 Å². The molecular formula is C24H32N4OS. The van der Waals surface area contributed by atoms with Crippen LogP contribution < -0.4 is 0 Å². The van der Waals surface area contributed by atoms with Crippen LogP contribution in [0.1, 0.15) is 81.1 Å². The SMILES string of the molecule is CCc1cccc2c3c([nH]c12)C(CC)(Cc1n[nH]c(=S)n1C1CCCCC1)OCC3. The van der Waals surface area contributed by atoms with E-state index in [2.05, 4.69) is 51.8 Å². The Labute approximate surface area is 183 Å². The molecule has 2 aromatic heterocycles. The number of aromatic nitrogens is 4. The summed E-state index contributed by atoms with van der Waals surface area (Å²) < 4.78 is 9.62. The van der Waals surface area contributed by atoms with Crippen LogP contribution in [0.2, 0.25) is 0 Å². The highest BCUT2D eigenvalue weighted by Gasteiger charge is 2.41. The molecule has 3 heterocycles. The van der Waals surface area contributed by atoms with Crippen molar-refractivity contribution in [3.05, 3.63) is 45.6 Å². The molecule has 1 aliphatic carbocycles. The summed E-state index contributed by atoms with van der Waals surface area (Å²) in [6.45, 7) is 5.20. The van der Waals surface area contributed by atoms with Crippen LogP contribution in [0.4, 0.5) is 0 Å². The third-order valence-electron chi connectivity index (χ3n) is 7.33. The number of hydrogen-bond acceptors (Lipinski definition) is 3. The van der Waals surface area contributed by atoms with E-state index in [9.17, 15) is 0 Å². The van der Waals surface area contributed by atoms with Gasteiger partial charge >= 0.3 is 0 Å². The van der Waals surface area contributed by atoms with Crippen molar-refractivity contribution in [2.45, 2.75) is 83.3 Å². The van der Waals surface area contributed by atoms with Crippen LogP contribution in [0.5, 0.6) is 0 Å². The number of aryl methyl sites for hydroxylation is 1. The Hall–Kier alpha value is -1.92. The van der Waals surface area contributed by atoms with Crippen molar-refractivity contribution < 1.29 is 4.74 Å². The van der Waals surface area contributed by atoms with Crippen LogP contribution >= 0.6 is 12.2 Å². The lowest BCUT2D eigenvalue weighted by atomic mass is 9.85. The summed E-state index contributed by atoms with van der Waals surface area (Å²) in [5.41, 5.74) is 4.93. The first-order chi connectivity index (χ1) is 14.7. The van der Waals surface area contributed by atoms with Crippen LogP contribution in [0, 0.1) is 4.77 Å². The van der Waals surface area contributed by atoms with E-state index in [0.717, 1.165) is 42.9 Å². The molecular weight excluding hydrogens is 392 g/mol. The van der Waals surface area contributed by atoms with Gasteiger partial charge in [-0.1, -0.05) is 51.3 Å². The molecule has 5 nitrogen and oxygen atoms in total. The maximum absolute atomic E-state index is 6.57. The van der Waals surface area contributed by atoms with Crippen LogP contribution in [0.25, 0.3) is 10.9 Å². The van der Waals surface area contributed by atoms with Crippen LogP contribution in [0.15, 0.2) is 18.2 Å². The Bertz CT molecular complexity index is 1100. The molecule has 0 amide bonds. The fourth-order valence-corrected chi connectivity index (χ4v) is 5.97. The van der Waals surface area contributed by atoms with Crippen molar-refractivity contribution in [2.75, 3.05) is 6.61 Å². The number of aromatic amines is 2. The number of nitrogens with one attached hydrogen (secondary N) is 2. The van der Waals surface area contributed by atoms with E-state index in [1.165, 1.54) is 59.8 Å². The van der Waals surface area contributed by atoms with Crippen molar-refractivity contribution in [1.29, 1.82) is 0 Å². The molecule has 2 aliphatic rings. The highest BCUT2D eigenvalue weighted by atomic mass is 32.1. The monoisotopic (exact) mass is 424 g/mol. The summed E-state index contributed by atoms with van der Waals surface area (Å²) in [6, 6.07) is 7.14. The van der Waals surface area contributed by atoms with Crippen molar-refractivity contribution in [1.82, 2.24) is 19.7 Å². The quantitative estimate of drug-likeness (QED) is 0.501. The molecule has 0 bridgehead atoms. The number of H-pyrrole nitrogens is 2. The van der Waals surface area contributed by atoms with Gasteiger partial charge in [0.1, 0.15) is 11.4 Å². The number of hydrogen-bond donors (Lipinski definition) is 2. The first-order valence-corrected chi connectivity index (χ1v) is 12.0. The minimum absolute atomic E-state index is 0.384. The Balaban J connectivity index is 1.59.